The van der Waals surface area contributed by atoms with Crippen molar-refractivity contribution < 1.29 is 9.59 Å². The third-order valence-electron chi connectivity index (χ3n) is 4.27. The lowest BCUT2D eigenvalue weighted by Gasteiger charge is -2.06. The van der Waals surface area contributed by atoms with Crippen molar-refractivity contribution in [2.75, 3.05) is 11.9 Å². The molecule has 0 spiro atoms. The van der Waals surface area contributed by atoms with Gasteiger partial charge in [-0.15, -0.1) is 11.3 Å². The van der Waals surface area contributed by atoms with Gasteiger partial charge in [0.15, 0.2) is 4.77 Å². The first-order valence-electron chi connectivity index (χ1n) is 8.99. The predicted octanol–water partition coefficient (Wildman–Crippen LogP) is 4.21. The predicted molar refractivity (Wildman–Crippen MR) is 118 cm³/mol. The third-order valence-corrected chi connectivity index (χ3v) is 6.06. The number of carbonyl (C=O) groups is 2. The van der Waals surface area contributed by atoms with Gasteiger partial charge in [0.05, 0.1) is 20.5 Å². The van der Waals surface area contributed by atoms with Gasteiger partial charge in [-0.2, -0.15) is 5.10 Å². The molecular weight excluding hydrogens is 430 g/mol. The van der Waals surface area contributed by atoms with Gasteiger partial charge in [-0.1, -0.05) is 23.7 Å². The normalized spacial score (nSPS) is 10.7. The number of aromatic amines is 1. The molecule has 0 bridgehead atoms. The molecule has 29 heavy (non-hydrogen) atoms. The van der Waals surface area contributed by atoms with Crippen molar-refractivity contribution >= 4 is 52.0 Å². The fraction of sp³-hybridized carbons (Fsp3) is 0.263. The van der Waals surface area contributed by atoms with Crippen molar-refractivity contribution in [2.45, 2.75) is 26.8 Å². The van der Waals surface area contributed by atoms with E-state index in [0.29, 0.717) is 38.2 Å². The SMILES string of the molecule is CCn1c(CCNC(=O)c2sc(NC(=O)c3ccccc3Cl)cc2C)n[nH]c1=S. The summed E-state index contributed by atoms with van der Waals surface area (Å²) in [5.74, 6) is 0.294. The molecule has 152 valence electrons. The van der Waals surface area contributed by atoms with Crippen LogP contribution in [0.25, 0.3) is 0 Å². The highest BCUT2D eigenvalue weighted by Crippen LogP contribution is 2.27. The Bertz CT molecular complexity index is 1100. The molecule has 7 nitrogen and oxygen atoms in total. The van der Waals surface area contributed by atoms with Gasteiger partial charge in [0.1, 0.15) is 5.82 Å². The molecule has 0 fully saturated rings. The summed E-state index contributed by atoms with van der Waals surface area (Å²) in [5, 5.41) is 13.6. The molecule has 2 amide bonds. The maximum Gasteiger partial charge on any atom is 0.261 e. The zero-order chi connectivity index (χ0) is 21.0. The molecule has 0 unspecified atom stereocenters. The minimum atomic E-state index is -0.314. The number of amides is 2. The Labute approximate surface area is 182 Å². The number of aryl methyl sites for hydroxylation is 1. The minimum absolute atomic E-state index is 0.192. The summed E-state index contributed by atoms with van der Waals surface area (Å²) >= 11 is 12.5. The van der Waals surface area contributed by atoms with Gasteiger partial charge in [0.2, 0.25) is 0 Å². The van der Waals surface area contributed by atoms with E-state index >= 15 is 0 Å². The van der Waals surface area contributed by atoms with Crippen LogP contribution in [0, 0.1) is 11.7 Å². The summed E-state index contributed by atoms with van der Waals surface area (Å²) in [6.07, 6.45) is 0.563. The van der Waals surface area contributed by atoms with Gasteiger partial charge in [-0.25, -0.2) is 0 Å². The molecule has 0 saturated heterocycles. The molecule has 2 aromatic heterocycles. The van der Waals surface area contributed by atoms with Gasteiger partial charge >= 0.3 is 0 Å². The Hall–Kier alpha value is -2.49. The topological polar surface area (TPSA) is 91.8 Å². The fourth-order valence-electron chi connectivity index (χ4n) is 2.83. The van der Waals surface area contributed by atoms with Crippen LogP contribution in [0.5, 0.6) is 0 Å². The van der Waals surface area contributed by atoms with Crippen molar-refractivity contribution in [1.29, 1.82) is 0 Å². The van der Waals surface area contributed by atoms with Crippen molar-refractivity contribution in [1.82, 2.24) is 20.1 Å². The largest absolute Gasteiger partial charge is 0.351 e. The fourth-order valence-corrected chi connectivity index (χ4v) is 4.31. The third kappa shape index (κ3) is 4.92. The Balaban J connectivity index is 1.62. The van der Waals surface area contributed by atoms with Crippen LogP contribution >= 0.6 is 35.2 Å². The first-order valence-corrected chi connectivity index (χ1v) is 10.6. The molecule has 3 N–H and O–H groups in total. The van der Waals surface area contributed by atoms with Crippen molar-refractivity contribution in [3.8, 4) is 0 Å². The number of thiophene rings is 1. The van der Waals surface area contributed by atoms with Crippen LogP contribution in [0.2, 0.25) is 5.02 Å². The standard InChI is InChI=1S/C19H20ClN5O2S2/c1-3-25-14(23-24-19(25)28)8-9-21-18(27)16-11(2)10-15(29-16)22-17(26)12-6-4-5-7-13(12)20/h4-7,10H,3,8-9H2,1-2H3,(H,21,27)(H,22,26)(H,24,28). The highest BCUT2D eigenvalue weighted by atomic mass is 35.5. The monoisotopic (exact) mass is 449 g/mol. The smallest absolute Gasteiger partial charge is 0.261 e. The number of hydrogen-bond donors (Lipinski definition) is 3. The maximum atomic E-state index is 12.5. The number of H-pyrrole nitrogens is 1. The van der Waals surface area contributed by atoms with E-state index in [0.717, 1.165) is 17.9 Å². The number of halogens is 1. The number of benzene rings is 1. The van der Waals surface area contributed by atoms with Gasteiger partial charge in [0.25, 0.3) is 11.8 Å². The summed E-state index contributed by atoms with van der Waals surface area (Å²) in [6.45, 7) is 4.97. The minimum Gasteiger partial charge on any atom is -0.351 e. The second-order valence-corrected chi connectivity index (χ2v) is 8.10. The molecule has 0 aliphatic rings. The summed E-state index contributed by atoms with van der Waals surface area (Å²) < 4.78 is 2.46. The number of aromatic nitrogens is 3. The van der Waals surface area contributed by atoms with E-state index in [-0.39, 0.29) is 11.8 Å². The van der Waals surface area contributed by atoms with E-state index < -0.39 is 0 Å². The number of anilines is 1. The quantitative estimate of drug-likeness (QED) is 0.471. The molecule has 0 saturated carbocycles. The highest BCUT2D eigenvalue weighted by molar-refractivity contribution is 7.71. The van der Waals surface area contributed by atoms with E-state index in [1.54, 1.807) is 30.3 Å². The van der Waals surface area contributed by atoms with E-state index in [2.05, 4.69) is 20.8 Å². The Morgan fingerprint density at radius 2 is 2.07 bits per heavy atom. The van der Waals surface area contributed by atoms with Gasteiger partial charge in [-0.3, -0.25) is 14.7 Å². The average molecular weight is 450 g/mol. The Morgan fingerprint density at radius 3 is 2.79 bits per heavy atom. The van der Waals surface area contributed by atoms with Crippen LogP contribution in [0.1, 0.15) is 38.3 Å². The van der Waals surface area contributed by atoms with E-state index in [4.69, 9.17) is 23.8 Å². The molecule has 10 heteroatoms. The molecule has 0 aliphatic carbocycles. The number of nitrogens with zero attached hydrogens (tertiary/aromatic N) is 2. The number of nitrogens with one attached hydrogen (secondary N) is 3. The lowest BCUT2D eigenvalue weighted by atomic mass is 10.2. The number of carbonyl (C=O) groups excluding carboxylic acids is 2. The molecule has 1 aromatic carbocycles. The summed E-state index contributed by atoms with van der Waals surface area (Å²) in [7, 11) is 0. The van der Waals surface area contributed by atoms with Crippen LogP contribution in [0.15, 0.2) is 30.3 Å². The van der Waals surface area contributed by atoms with Crippen LogP contribution < -0.4 is 10.6 Å². The van der Waals surface area contributed by atoms with Gasteiger partial charge < -0.3 is 15.2 Å². The van der Waals surface area contributed by atoms with E-state index in [1.807, 2.05) is 18.4 Å². The summed E-state index contributed by atoms with van der Waals surface area (Å²) in [4.78, 5) is 25.5. The van der Waals surface area contributed by atoms with Crippen LogP contribution in [-0.4, -0.2) is 33.1 Å². The number of rotatable bonds is 7. The van der Waals surface area contributed by atoms with Crippen molar-refractivity contribution in [3.63, 3.8) is 0 Å². The van der Waals surface area contributed by atoms with E-state index in [9.17, 15) is 9.59 Å². The Morgan fingerprint density at radius 1 is 1.31 bits per heavy atom. The first-order chi connectivity index (χ1) is 13.9. The molecule has 3 rings (SSSR count). The molecular formula is C19H20ClN5O2S2. The molecule has 2 heterocycles. The lowest BCUT2D eigenvalue weighted by molar-refractivity contribution is 0.0956. The van der Waals surface area contributed by atoms with Gasteiger partial charge in [-0.05, 0) is 49.8 Å². The molecule has 0 atom stereocenters. The maximum absolute atomic E-state index is 12.5. The average Bonchev–Trinajstić information content (AvgIpc) is 3.23. The molecule has 0 aliphatic heterocycles. The van der Waals surface area contributed by atoms with Crippen LogP contribution in [0.3, 0.4) is 0 Å². The zero-order valence-corrected chi connectivity index (χ0v) is 18.3. The van der Waals surface area contributed by atoms with Crippen LogP contribution in [-0.2, 0) is 13.0 Å². The van der Waals surface area contributed by atoms with E-state index in [1.165, 1.54) is 11.3 Å². The summed E-state index contributed by atoms with van der Waals surface area (Å²) in [6, 6.07) is 8.59. The van der Waals surface area contributed by atoms with Crippen molar-refractivity contribution in [3.05, 3.63) is 62.0 Å². The Kier molecular flexibility index (Phi) is 6.83. The number of hydrogen-bond acceptors (Lipinski definition) is 5. The zero-order valence-electron chi connectivity index (χ0n) is 15.9. The van der Waals surface area contributed by atoms with Crippen LogP contribution in [0.4, 0.5) is 5.00 Å². The highest BCUT2D eigenvalue weighted by Gasteiger charge is 2.17. The second-order valence-electron chi connectivity index (χ2n) is 6.25. The molecule has 3 aromatic rings. The second kappa shape index (κ2) is 9.34. The van der Waals surface area contributed by atoms with Crippen molar-refractivity contribution in [2.24, 2.45) is 0 Å². The first kappa shape index (κ1) is 21.2. The lowest BCUT2D eigenvalue weighted by Crippen LogP contribution is -2.26. The summed E-state index contributed by atoms with van der Waals surface area (Å²) in [5.41, 5.74) is 1.17. The molecule has 0 radical (unpaired) electrons. The van der Waals surface area contributed by atoms with Gasteiger partial charge in [0, 0.05) is 19.5 Å².